The van der Waals surface area contributed by atoms with E-state index in [9.17, 15) is 4.79 Å². The third-order valence-corrected chi connectivity index (χ3v) is 1.28. The molecular formula is C10H14O3. The van der Waals surface area contributed by atoms with Gasteiger partial charge in [0, 0.05) is 5.56 Å². The van der Waals surface area contributed by atoms with Crippen molar-refractivity contribution in [2.75, 3.05) is 0 Å². The third-order valence-electron chi connectivity index (χ3n) is 1.28. The predicted molar refractivity (Wildman–Crippen MR) is 50.9 cm³/mol. The van der Waals surface area contributed by atoms with Crippen molar-refractivity contribution in [1.82, 2.24) is 0 Å². The Labute approximate surface area is 77.6 Å². The minimum Gasteiger partial charge on any atom is -0.508 e. The maximum absolute atomic E-state index is 9.44. The summed E-state index contributed by atoms with van der Waals surface area (Å²) in [6.45, 7) is 4.71. The molecular weight excluding hydrogens is 168 g/mol. The van der Waals surface area contributed by atoms with Crippen LogP contribution in [0.2, 0.25) is 0 Å². The molecule has 0 bridgehead atoms. The van der Waals surface area contributed by atoms with Crippen molar-refractivity contribution in [2.45, 2.75) is 20.8 Å². The van der Waals surface area contributed by atoms with E-state index in [0.717, 1.165) is 0 Å². The van der Waals surface area contributed by atoms with Crippen molar-refractivity contribution in [1.29, 1.82) is 0 Å². The molecule has 3 nitrogen and oxygen atoms in total. The highest BCUT2D eigenvalue weighted by atomic mass is 16.3. The van der Waals surface area contributed by atoms with Crippen LogP contribution in [0.4, 0.5) is 0 Å². The fourth-order valence-electron chi connectivity index (χ4n) is 0.612. The minimum atomic E-state index is 0.134. The second-order valence-corrected chi connectivity index (χ2v) is 2.83. The van der Waals surface area contributed by atoms with Crippen LogP contribution in [0, 0.1) is 6.92 Å². The number of phenolic OH excluding ortho intramolecular Hbond substituents is 2. The molecule has 0 atom stereocenters. The summed E-state index contributed by atoms with van der Waals surface area (Å²) in [5, 5.41) is 17.9. The Balaban J connectivity index is 0.000000310. The molecule has 13 heavy (non-hydrogen) atoms. The molecule has 0 saturated heterocycles. The first kappa shape index (κ1) is 11.5. The molecule has 0 fully saturated rings. The minimum absolute atomic E-state index is 0.134. The second-order valence-electron chi connectivity index (χ2n) is 2.83. The molecule has 0 aliphatic carbocycles. The molecule has 0 aromatic heterocycles. The van der Waals surface area contributed by atoms with Crippen LogP contribution in [0.5, 0.6) is 11.5 Å². The Morgan fingerprint density at radius 2 is 1.46 bits per heavy atom. The first-order valence-electron chi connectivity index (χ1n) is 3.90. The van der Waals surface area contributed by atoms with Gasteiger partial charge in [-0.1, -0.05) is 6.07 Å². The quantitative estimate of drug-likeness (QED) is 0.645. The molecule has 2 N–H and O–H groups in total. The Kier molecular flexibility index (Phi) is 4.59. The number of hydrogen-bond acceptors (Lipinski definition) is 3. The smallest absolute Gasteiger partial charge is 0.126 e. The zero-order chi connectivity index (χ0) is 10.4. The van der Waals surface area contributed by atoms with E-state index >= 15 is 0 Å². The van der Waals surface area contributed by atoms with E-state index in [2.05, 4.69) is 0 Å². The van der Waals surface area contributed by atoms with Gasteiger partial charge in [-0.15, -0.1) is 0 Å². The van der Waals surface area contributed by atoms with Gasteiger partial charge in [-0.05, 0) is 32.9 Å². The van der Waals surface area contributed by atoms with Crippen LogP contribution in [0.3, 0.4) is 0 Å². The summed E-state index contributed by atoms with van der Waals surface area (Å²) in [5.41, 5.74) is 0.525. The van der Waals surface area contributed by atoms with E-state index in [-0.39, 0.29) is 17.3 Å². The zero-order valence-electron chi connectivity index (χ0n) is 8.03. The van der Waals surface area contributed by atoms with Crippen LogP contribution >= 0.6 is 0 Å². The average Bonchev–Trinajstić information content (AvgIpc) is 1.99. The molecule has 0 amide bonds. The molecule has 1 aromatic carbocycles. The summed E-state index contributed by atoms with van der Waals surface area (Å²) in [5.74, 6) is 0.435. The van der Waals surface area contributed by atoms with Gasteiger partial charge in [0.2, 0.25) is 0 Å². The monoisotopic (exact) mass is 182 g/mol. The Hall–Kier alpha value is -1.51. The van der Waals surface area contributed by atoms with Crippen molar-refractivity contribution in [3.05, 3.63) is 23.8 Å². The molecule has 0 aliphatic heterocycles. The Bertz CT molecular complexity index is 268. The normalized spacial score (nSPS) is 8.54. The number of carbonyl (C=O) groups is 1. The highest BCUT2D eigenvalue weighted by Crippen LogP contribution is 2.23. The fourth-order valence-corrected chi connectivity index (χ4v) is 0.612. The van der Waals surface area contributed by atoms with Crippen molar-refractivity contribution >= 4 is 5.78 Å². The first-order chi connectivity index (χ1) is 5.95. The van der Waals surface area contributed by atoms with Gasteiger partial charge in [0.1, 0.15) is 17.3 Å². The lowest BCUT2D eigenvalue weighted by Crippen LogP contribution is -1.73. The van der Waals surface area contributed by atoms with Crippen LogP contribution in [0.25, 0.3) is 0 Å². The van der Waals surface area contributed by atoms with Crippen molar-refractivity contribution in [3.8, 4) is 11.5 Å². The number of hydrogen-bond donors (Lipinski definition) is 2. The summed E-state index contributed by atoms with van der Waals surface area (Å²) < 4.78 is 0. The first-order valence-corrected chi connectivity index (χ1v) is 3.90. The van der Waals surface area contributed by atoms with Crippen LogP contribution in [-0.2, 0) is 4.79 Å². The largest absolute Gasteiger partial charge is 0.508 e. The van der Waals surface area contributed by atoms with Crippen LogP contribution in [-0.4, -0.2) is 16.0 Å². The summed E-state index contributed by atoms with van der Waals surface area (Å²) >= 11 is 0. The Morgan fingerprint density at radius 3 is 1.69 bits per heavy atom. The SMILES string of the molecule is CC(C)=O.Cc1c(O)cccc1O. The predicted octanol–water partition coefficient (Wildman–Crippen LogP) is 2.00. The lowest BCUT2D eigenvalue weighted by atomic mass is 10.2. The van der Waals surface area contributed by atoms with Gasteiger partial charge < -0.3 is 15.0 Å². The lowest BCUT2D eigenvalue weighted by Gasteiger charge is -1.98. The number of ketones is 1. The van der Waals surface area contributed by atoms with Crippen molar-refractivity contribution in [3.63, 3.8) is 0 Å². The summed E-state index contributed by atoms with van der Waals surface area (Å²) in [6.07, 6.45) is 0. The van der Waals surface area contributed by atoms with Crippen molar-refractivity contribution < 1.29 is 15.0 Å². The second kappa shape index (κ2) is 5.19. The van der Waals surface area contributed by atoms with Gasteiger partial charge in [0.05, 0.1) is 0 Å². The third kappa shape index (κ3) is 4.85. The average molecular weight is 182 g/mol. The van der Waals surface area contributed by atoms with Crippen LogP contribution in [0.15, 0.2) is 18.2 Å². The van der Waals surface area contributed by atoms with E-state index in [1.807, 2.05) is 0 Å². The molecule has 0 spiro atoms. The van der Waals surface area contributed by atoms with Gasteiger partial charge in [-0.25, -0.2) is 0 Å². The number of Topliss-reactive ketones (excluding diaryl/α,β-unsaturated/α-hetero) is 1. The molecule has 0 unspecified atom stereocenters. The van der Waals surface area contributed by atoms with E-state index < -0.39 is 0 Å². The highest BCUT2D eigenvalue weighted by Gasteiger charge is 1.97. The van der Waals surface area contributed by atoms with Crippen molar-refractivity contribution in [2.24, 2.45) is 0 Å². The van der Waals surface area contributed by atoms with Crippen LogP contribution in [0.1, 0.15) is 19.4 Å². The van der Waals surface area contributed by atoms with Gasteiger partial charge in [-0.2, -0.15) is 0 Å². The number of aromatic hydroxyl groups is 2. The summed E-state index contributed by atoms with van der Waals surface area (Å²) in [4.78, 5) is 9.44. The Morgan fingerprint density at radius 1 is 1.15 bits per heavy atom. The topological polar surface area (TPSA) is 57.5 Å². The standard InChI is InChI=1S/C7H8O2.C3H6O/c1-5-6(8)3-2-4-7(5)9;1-3(2)4/h2-4,8-9H,1H3;1-2H3. The van der Waals surface area contributed by atoms with E-state index in [4.69, 9.17) is 10.2 Å². The van der Waals surface area contributed by atoms with Gasteiger partial charge in [0.25, 0.3) is 0 Å². The molecule has 72 valence electrons. The summed E-state index contributed by atoms with van der Waals surface area (Å²) in [6, 6.07) is 4.67. The molecule has 1 aromatic rings. The fraction of sp³-hybridized carbons (Fsp3) is 0.300. The molecule has 0 saturated carbocycles. The number of benzene rings is 1. The van der Waals surface area contributed by atoms with E-state index in [1.165, 1.54) is 26.0 Å². The van der Waals surface area contributed by atoms with Crippen LogP contribution < -0.4 is 0 Å². The molecule has 3 heteroatoms. The summed E-state index contributed by atoms with van der Waals surface area (Å²) in [7, 11) is 0. The van der Waals surface area contributed by atoms with Gasteiger partial charge in [0.15, 0.2) is 0 Å². The molecule has 0 aliphatic rings. The lowest BCUT2D eigenvalue weighted by molar-refractivity contribution is -0.114. The molecule has 1 rings (SSSR count). The van der Waals surface area contributed by atoms with Gasteiger partial charge in [-0.3, -0.25) is 0 Å². The van der Waals surface area contributed by atoms with E-state index in [0.29, 0.717) is 5.56 Å². The number of carbonyl (C=O) groups excluding carboxylic acids is 1. The zero-order valence-corrected chi connectivity index (χ0v) is 8.03. The number of phenols is 2. The van der Waals surface area contributed by atoms with Gasteiger partial charge >= 0.3 is 0 Å². The number of rotatable bonds is 0. The van der Waals surface area contributed by atoms with E-state index in [1.54, 1.807) is 13.0 Å². The maximum Gasteiger partial charge on any atom is 0.126 e. The maximum atomic E-state index is 9.44. The molecule has 0 heterocycles. The molecule has 0 radical (unpaired) electrons. The highest BCUT2D eigenvalue weighted by molar-refractivity contribution is 5.72.